The van der Waals surface area contributed by atoms with E-state index in [0.717, 1.165) is 18.7 Å². The minimum Gasteiger partial charge on any atom is -0.493 e. The molecule has 2 atom stereocenters. The van der Waals surface area contributed by atoms with E-state index in [-0.39, 0.29) is 0 Å². The lowest BCUT2D eigenvalue weighted by Gasteiger charge is -2.51. The van der Waals surface area contributed by atoms with Gasteiger partial charge in [0.15, 0.2) is 18.1 Å². The molecule has 3 rings (SSSR count). The van der Waals surface area contributed by atoms with E-state index in [1.165, 1.54) is 7.11 Å². The molecule has 1 aromatic rings. The number of hydrogen-bond donors (Lipinski definition) is 3. The van der Waals surface area contributed by atoms with Crippen LogP contribution in [0.25, 0.3) is 0 Å². The summed E-state index contributed by atoms with van der Waals surface area (Å²) in [6.07, 6.45) is 0.823. The Labute approximate surface area is 164 Å². The average Bonchev–Trinajstić information content (AvgIpc) is 2.66. The third kappa shape index (κ3) is 4.41. The molecule has 156 valence electrons. The summed E-state index contributed by atoms with van der Waals surface area (Å²) in [4.78, 5) is 13.0. The summed E-state index contributed by atoms with van der Waals surface area (Å²) >= 11 is 0. The fourth-order valence-electron chi connectivity index (χ4n) is 4.08. The second-order valence-corrected chi connectivity index (χ2v) is 7.87. The second kappa shape index (κ2) is 8.24. The number of carboxylic acid groups (broad SMARTS) is 1. The Morgan fingerprint density at radius 1 is 1.29 bits per heavy atom. The summed E-state index contributed by atoms with van der Waals surface area (Å²) in [7, 11) is 1.51. The third-order valence-electron chi connectivity index (χ3n) is 5.77. The summed E-state index contributed by atoms with van der Waals surface area (Å²) in [5.74, 6) is -0.155. The van der Waals surface area contributed by atoms with Gasteiger partial charge in [0, 0.05) is 26.1 Å². The first kappa shape index (κ1) is 20.9. The fraction of sp³-hybridized carbons (Fsp3) is 0.650. The van der Waals surface area contributed by atoms with E-state index in [0.29, 0.717) is 43.9 Å². The zero-order chi connectivity index (χ0) is 20.4. The molecule has 1 aromatic carbocycles. The van der Waals surface area contributed by atoms with Gasteiger partial charge >= 0.3 is 5.97 Å². The number of aliphatic carboxylic acids is 1. The van der Waals surface area contributed by atoms with E-state index >= 15 is 0 Å². The van der Waals surface area contributed by atoms with Gasteiger partial charge in [-0.05, 0) is 37.5 Å². The van der Waals surface area contributed by atoms with Crippen LogP contribution in [-0.4, -0.2) is 76.9 Å². The van der Waals surface area contributed by atoms with Crippen LogP contribution >= 0.6 is 0 Å². The Morgan fingerprint density at radius 2 is 2.00 bits per heavy atom. The minimum absolute atomic E-state index is 0.401. The smallest absolute Gasteiger partial charge is 0.341 e. The number of carbonyl (C=O) groups is 1. The van der Waals surface area contributed by atoms with Gasteiger partial charge in [-0.2, -0.15) is 0 Å². The molecule has 3 N–H and O–H groups in total. The van der Waals surface area contributed by atoms with Crippen molar-refractivity contribution in [3.63, 3.8) is 0 Å². The molecule has 28 heavy (non-hydrogen) atoms. The lowest BCUT2D eigenvalue weighted by atomic mass is 9.75. The molecule has 2 heterocycles. The van der Waals surface area contributed by atoms with E-state index in [1.54, 1.807) is 19.1 Å². The molecule has 8 nitrogen and oxygen atoms in total. The first-order chi connectivity index (χ1) is 13.3. The summed E-state index contributed by atoms with van der Waals surface area (Å²) in [5.41, 5.74) is -0.824. The Kier molecular flexibility index (Phi) is 6.14. The molecule has 1 spiro atoms. The van der Waals surface area contributed by atoms with Gasteiger partial charge in [-0.1, -0.05) is 6.07 Å². The number of aliphatic hydroxyl groups excluding tert-OH is 1. The van der Waals surface area contributed by atoms with Crippen molar-refractivity contribution < 1.29 is 34.3 Å². The predicted octanol–water partition coefficient (Wildman–Crippen LogP) is 1.03. The summed E-state index contributed by atoms with van der Waals surface area (Å²) in [6, 6.07) is 5.49. The maximum absolute atomic E-state index is 10.8. The number of aliphatic hydroxyl groups is 2. The van der Waals surface area contributed by atoms with Crippen molar-refractivity contribution in [1.29, 1.82) is 0 Å². The quantitative estimate of drug-likeness (QED) is 0.655. The number of benzene rings is 1. The van der Waals surface area contributed by atoms with Crippen LogP contribution in [0.3, 0.4) is 0 Å². The van der Waals surface area contributed by atoms with Crippen molar-refractivity contribution >= 4 is 5.97 Å². The molecular formula is C20H29NO7. The van der Waals surface area contributed by atoms with Gasteiger partial charge in [0.25, 0.3) is 0 Å². The number of rotatable bonds is 6. The summed E-state index contributed by atoms with van der Waals surface area (Å²) < 4.78 is 16.5. The van der Waals surface area contributed by atoms with Gasteiger partial charge in [-0.3, -0.25) is 4.90 Å². The topological polar surface area (TPSA) is 109 Å². The highest BCUT2D eigenvalue weighted by atomic mass is 16.5. The van der Waals surface area contributed by atoms with E-state index in [2.05, 4.69) is 4.90 Å². The Morgan fingerprint density at radius 3 is 2.64 bits per heavy atom. The monoisotopic (exact) mass is 395 g/mol. The van der Waals surface area contributed by atoms with Crippen LogP contribution in [0.4, 0.5) is 0 Å². The number of likely N-dealkylation sites (tertiary alicyclic amines) is 1. The van der Waals surface area contributed by atoms with Gasteiger partial charge in [-0.25, -0.2) is 4.79 Å². The Hall–Kier alpha value is -1.87. The van der Waals surface area contributed by atoms with Crippen LogP contribution in [0.1, 0.15) is 31.7 Å². The maximum Gasteiger partial charge on any atom is 0.341 e. The molecule has 8 heteroatoms. The number of nitrogens with zero attached hydrogens (tertiary/aromatic N) is 1. The normalized spacial score (nSPS) is 27.5. The predicted molar refractivity (Wildman–Crippen MR) is 101 cm³/mol. The molecule has 0 unspecified atom stereocenters. The van der Waals surface area contributed by atoms with Crippen LogP contribution in [0.2, 0.25) is 0 Å². The molecule has 0 bridgehead atoms. The zero-order valence-corrected chi connectivity index (χ0v) is 16.4. The first-order valence-electron chi connectivity index (χ1n) is 9.54. The van der Waals surface area contributed by atoms with Crippen molar-refractivity contribution in [2.45, 2.75) is 50.0 Å². The number of carboxylic acids is 1. The third-order valence-corrected chi connectivity index (χ3v) is 5.77. The maximum atomic E-state index is 10.8. The van der Waals surface area contributed by atoms with Crippen LogP contribution in [0, 0.1) is 0 Å². The summed E-state index contributed by atoms with van der Waals surface area (Å²) in [5, 5.41) is 29.9. The van der Waals surface area contributed by atoms with Crippen molar-refractivity contribution in [1.82, 2.24) is 4.90 Å². The number of hydrogen-bond acceptors (Lipinski definition) is 7. The van der Waals surface area contributed by atoms with E-state index in [1.807, 2.05) is 6.07 Å². The summed E-state index contributed by atoms with van der Waals surface area (Å²) in [6.45, 7) is 3.81. The molecule has 2 fully saturated rings. The van der Waals surface area contributed by atoms with Crippen LogP contribution in [0.15, 0.2) is 18.2 Å². The molecule has 0 amide bonds. The molecule has 2 saturated heterocycles. The Balaban J connectivity index is 1.63. The molecule has 2 aliphatic heterocycles. The largest absolute Gasteiger partial charge is 0.493 e. The highest BCUT2D eigenvalue weighted by Gasteiger charge is 2.52. The number of methoxy groups -OCH3 is 1. The number of ether oxygens (including phenoxy) is 3. The van der Waals surface area contributed by atoms with Gasteiger partial charge in [0.05, 0.1) is 24.9 Å². The van der Waals surface area contributed by atoms with Crippen LogP contribution < -0.4 is 9.47 Å². The molecule has 0 saturated carbocycles. The second-order valence-electron chi connectivity index (χ2n) is 7.87. The molecular weight excluding hydrogens is 366 g/mol. The van der Waals surface area contributed by atoms with Gasteiger partial charge in [0.1, 0.15) is 6.10 Å². The van der Waals surface area contributed by atoms with Crippen molar-refractivity contribution in [3.8, 4) is 11.5 Å². The minimum atomic E-state index is -1.12. The number of piperidine rings is 1. The van der Waals surface area contributed by atoms with Crippen LogP contribution in [-0.2, 0) is 16.1 Å². The first-order valence-corrected chi connectivity index (χ1v) is 9.54. The highest BCUT2D eigenvalue weighted by Crippen LogP contribution is 2.40. The van der Waals surface area contributed by atoms with E-state index in [9.17, 15) is 15.0 Å². The van der Waals surface area contributed by atoms with Crippen molar-refractivity contribution in [2.24, 2.45) is 0 Å². The Bertz CT molecular complexity index is 698. The fourth-order valence-corrected chi connectivity index (χ4v) is 4.08. The van der Waals surface area contributed by atoms with Gasteiger partial charge < -0.3 is 29.5 Å². The van der Waals surface area contributed by atoms with E-state index < -0.39 is 29.9 Å². The standard InChI is InChI=1S/C20H29NO7/c1-19(25)7-10-28-20(18(19)24)5-8-21(9-6-20)12-14-3-4-15(26-2)16(11-14)27-13-17(22)23/h3-4,11,18,24-25H,5-10,12-13H2,1-2H3,(H,22,23)/t18-,19+/m0/s1. The lowest BCUT2D eigenvalue weighted by molar-refractivity contribution is -0.246. The molecule has 2 aliphatic rings. The molecule has 0 aliphatic carbocycles. The molecule has 0 aromatic heterocycles. The van der Waals surface area contributed by atoms with Crippen LogP contribution in [0.5, 0.6) is 11.5 Å². The van der Waals surface area contributed by atoms with Crippen molar-refractivity contribution in [2.75, 3.05) is 33.4 Å². The highest BCUT2D eigenvalue weighted by molar-refractivity contribution is 5.68. The zero-order valence-electron chi connectivity index (χ0n) is 16.4. The van der Waals surface area contributed by atoms with E-state index in [4.69, 9.17) is 19.3 Å². The molecule has 0 radical (unpaired) electrons. The van der Waals surface area contributed by atoms with Crippen molar-refractivity contribution in [3.05, 3.63) is 23.8 Å². The van der Waals surface area contributed by atoms with Gasteiger partial charge in [0.2, 0.25) is 0 Å². The SMILES string of the molecule is COc1ccc(CN2CCC3(CC2)OCC[C@@](C)(O)[C@@H]3O)cc1OCC(=O)O. The lowest BCUT2D eigenvalue weighted by Crippen LogP contribution is -2.64. The average molecular weight is 395 g/mol. The van der Waals surface area contributed by atoms with Gasteiger partial charge in [-0.15, -0.1) is 0 Å².